The van der Waals surface area contributed by atoms with E-state index in [0.717, 1.165) is 16.3 Å². The quantitative estimate of drug-likeness (QED) is 0.812. The first kappa shape index (κ1) is 15.2. The van der Waals surface area contributed by atoms with Crippen LogP contribution in [0.2, 0.25) is 0 Å². The van der Waals surface area contributed by atoms with E-state index in [1.165, 1.54) is 11.1 Å². The molecular formula is C17H19NS2. The minimum atomic E-state index is 0.367. The zero-order valence-corrected chi connectivity index (χ0v) is 13.4. The summed E-state index contributed by atoms with van der Waals surface area (Å²) in [6.45, 7) is 3.11. The van der Waals surface area contributed by atoms with Crippen LogP contribution in [-0.2, 0) is 6.54 Å². The van der Waals surface area contributed by atoms with Crippen LogP contribution in [0.1, 0.15) is 28.9 Å². The van der Waals surface area contributed by atoms with Gasteiger partial charge in [0, 0.05) is 11.8 Å². The van der Waals surface area contributed by atoms with Crippen molar-refractivity contribution in [3.05, 3.63) is 71.3 Å². The van der Waals surface area contributed by atoms with Crippen LogP contribution in [0.5, 0.6) is 0 Å². The molecule has 0 aliphatic heterocycles. The minimum absolute atomic E-state index is 0.367. The molecule has 0 spiro atoms. The monoisotopic (exact) mass is 301 g/mol. The van der Waals surface area contributed by atoms with Crippen molar-refractivity contribution in [2.45, 2.75) is 18.7 Å². The number of hydrogen-bond donors (Lipinski definition) is 1. The fourth-order valence-electron chi connectivity index (χ4n) is 1.98. The molecule has 0 amide bonds. The van der Waals surface area contributed by atoms with E-state index in [0.29, 0.717) is 5.25 Å². The van der Waals surface area contributed by atoms with Gasteiger partial charge in [0.25, 0.3) is 0 Å². The molecule has 104 valence electrons. The molecule has 3 heteroatoms. The maximum absolute atomic E-state index is 5.52. The second kappa shape index (κ2) is 7.58. The Morgan fingerprint density at radius 2 is 1.75 bits per heavy atom. The number of hydrogen-bond acceptors (Lipinski definition) is 3. The van der Waals surface area contributed by atoms with Crippen LogP contribution >= 0.6 is 24.0 Å². The molecule has 1 nitrogen and oxygen atoms in total. The Morgan fingerprint density at radius 3 is 2.35 bits per heavy atom. The molecule has 2 aromatic rings. The summed E-state index contributed by atoms with van der Waals surface area (Å²) in [4.78, 5) is 0. The summed E-state index contributed by atoms with van der Waals surface area (Å²) in [7, 11) is 1.96. The average molecular weight is 301 g/mol. The number of rotatable bonds is 5. The third-order valence-electron chi connectivity index (χ3n) is 3.12. The fraction of sp³-hybridized carbons (Fsp3) is 0.235. The molecule has 2 rings (SSSR count). The van der Waals surface area contributed by atoms with E-state index >= 15 is 0 Å². The van der Waals surface area contributed by atoms with E-state index in [2.05, 4.69) is 48.6 Å². The highest BCUT2D eigenvalue weighted by Crippen LogP contribution is 2.31. The largest absolute Gasteiger partial charge is 0.316 e. The smallest absolute Gasteiger partial charge is 0.0784 e. The van der Waals surface area contributed by atoms with E-state index in [4.69, 9.17) is 12.2 Å². The summed E-state index contributed by atoms with van der Waals surface area (Å²) in [5.74, 6) is 0. The van der Waals surface area contributed by atoms with Gasteiger partial charge < -0.3 is 5.32 Å². The van der Waals surface area contributed by atoms with E-state index in [-0.39, 0.29) is 0 Å². The zero-order valence-electron chi connectivity index (χ0n) is 11.8. The molecule has 1 atom stereocenters. The van der Waals surface area contributed by atoms with Gasteiger partial charge in [0.15, 0.2) is 0 Å². The molecular weight excluding hydrogens is 282 g/mol. The summed E-state index contributed by atoms with van der Waals surface area (Å²) < 4.78 is 0.956. The number of thioether (sulfide) groups is 1. The second-order valence-corrected chi connectivity index (χ2v) is 6.70. The van der Waals surface area contributed by atoms with Crippen molar-refractivity contribution in [2.24, 2.45) is 0 Å². The molecule has 0 saturated heterocycles. The van der Waals surface area contributed by atoms with Crippen molar-refractivity contribution in [1.82, 2.24) is 5.32 Å². The van der Waals surface area contributed by atoms with Gasteiger partial charge >= 0.3 is 0 Å². The minimum Gasteiger partial charge on any atom is -0.316 e. The van der Waals surface area contributed by atoms with Crippen LogP contribution in [-0.4, -0.2) is 11.2 Å². The lowest BCUT2D eigenvalue weighted by Gasteiger charge is -2.13. The van der Waals surface area contributed by atoms with Gasteiger partial charge in [-0.2, -0.15) is 0 Å². The van der Waals surface area contributed by atoms with E-state index in [1.807, 2.05) is 25.2 Å². The predicted molar refractivity (Wildman–Crippen MR) is 93.4 cm³/mol. The summed E-state index contributed by atoms with van der Waals surface area (Å²) in [5.41, 5.74) is 3.75. The van der Waals surface area contributed by atoms with Crippen molar-refractivity contribution in [3.63, 3.8) is 0 Å². The van der Waals surface area contributed by atoms with Crippen LogP contribution in [0.25, 0.3) is 0 Å². The predicted octanol–water partition coefficient (Wildman–Crippen LogP) is 4.58. The fourth-order valence-corrected chi connectivity index (χ4v) is 3.44. The van der Waals surface area contributed by atoms with Crippen molar-refractivity contribution < 1.29 is 0 Å². The van der Waals surface area contributed by atoms with Crippen LogP contribution in [0, 0.1) is 0 Å². The van der Waals surface area contributed by atoms with Gasteiger partial charge in [0.1, 0.15) is 0 Å². The van der Waals surface area contributed by atoms with Gasteiger partial charge in [-0.1, -0.05) is 66.8 Å². The Labute approximate surface area is 130 Å². The van der Waals surface area contributed by atoms with Gasteiger partial charge in [0.05, 0.1) is 4.20 Å². The maximum atomic E-state index is 5.52. The number of benzene rings is 2. The van der Waals surface area contributed by atoms with Gasteiger partial charge in [-0.3, -0.25) is 0 Å². The number of nitrogens with one attached hydrogen (secondary N) is 1. The highest BCUT2D eigenvalue weighted by molar-refractivity contribution is 8.23. The normalized spacial score (nSPS) is 12.1. The third-order valence-corrected chi connectivity index (χ3v) is 4.72. The van der Waals surface area contributed by atoms with Crippen molar-refractivity contribution in [3.8, 4) is 0 Å². The summed E-state index contributed by atoms with van der Waals surface area (Å²) in [6, 6.07) is 18.9. The topological polar surface area (TPSA) is 12.0 Å². The van der Waals surface area contributed by atoms with E-state index < -0.39 is 0 Å². The summed E-state index contributed by atoms with van der Waals surface area (Å²) in [5, 5.41) is 3.53. The molecule has 1 N–H and O–H groups in total. The molecule has 0 fully saturated rings. The molecule has 2 aromatic carbocycles. The first-order chi connectivity index (χ1) is 9.70. The maximum Gasteiger partial charge on any atom is 0.0784 e. The van der Waals surface area contributed by atoms with E-state index in [1.54, 1.807) is 11.8 Å². The Kier molecular flexibility index (Phi) is 5.77. The van der Waals surface area contributed by atoms with E-state index in [9.17, 15) is 0 Å². The Hall–Kier alpha value is -1.16. The molecule has 0 aliphatic carbocycles. The Bertz CT molecular complexity index is 549. The summed E-state index contributed by atoms with van der Waals surface area (Å²) >= 11 is 7.26. The molecule has 0 bridgehead atoms. The van der Waals surface area contributed by atoms with Crippen molar-refractivity contribution in [2.75, 3.05) is 7.05 Å². The van der Waals surface area contributed by atoms with Gasteiger partial charge in [0.2, 0.25) is 0 Å². The lowest BCUT2D eigenvalue weighted by Crippen LogP contribution is -2.05. The van der Waals surface area contributed by atoms with Crippen LogP contribution in [0.3, 0.4) is 0 Å². The lowest BCUT2D eigenvalue weighted by atomic mass is 10.1. The van der Waals surface area contributed by atoms with Crippen LogP contribution in [0.4, 0.5) is 0 Å². The second-order valence-electron chi connectivity index (χ2n) is 4.69. The van der Waals surface area contributed by atoms with Gasteiger partial charge in [-0.05, 0) is 30.7 Å². The molecule has 0 heterocycles. The zero-order chi connectivity index (χ0) is 14.4. The molecule has 0 aliphatic rings. The standard InChI is InChI=1S/C17H19NS2/c1-13(15-10-8-14(9-11-15)12-18-2)20-17(19)16-6-4-3-5-7-16/h3-11,13,18H,12H2,1-2H3. The van der Waals surface area contributed by atoms with Crippen molar-refractivity contribution >= 4 is 28.2 Å². The first-order valence-corrected chi connectivity index (χ1v) is 7.99. The van der Waals surface area contributed by atoms with Gasteiger partial charge in [-0.25, -0.2) is 0 Å². The molecule has 0 aromatic heterocycles. The van der Waals surface area contributed by atoms with Gasteiger partial charge in [-0.15, -0.1) is 11.8 Å². The Morgan fingerprint density at radius 1 is 1.10 bits per heavy atom. The molecule has 0 radical (unpaired) electrons. The SMILES string of the molecule is CNCc1ccc(C(C)SC(=S)c2ccccc2)cc1. The molecule has 0 saturated carbocycles. The molecule has 1 unspecified atom stereocenters. The lowest BCUT2D eigenvalue weighted by molar-refractivity contribution is 0.817. The average Bonchev–Trinajstić information content (AvgIpc) is 2.49. The van der Waals surface area contributed by atoms with Crippen LogP contribution < -0.4 is 5.32 Å². The highest BCUT2D eigenvalue weighted by atomic mass is 32.2. The first-order valence-electron chi connectivity index (χ1n) is 6.70. The van der Waals surface area contributed by atoms with Crippen molar-refractivity contribution in [1.29, 1.82) is 0 Å². The highest BCUT2D eigenvalue weighted by Gasteiger charge is 2.10. The number of thiocarbonyl (C=S) groups is 1. The molecule has 20 heavy (non-hydrogen) atoms. The van der Waals surface area contributed by atoms with Crippen LogP contribution in [0.15, 0.2) is 54.6 Å². The Balaban J connectivity index is 2.01. The summed E-state index contributed by atoms with van der Waals surface area (Å²) in [6.07, 6.45) is 0. The third kappa shape index (κ3) is 4.17.